The highest BCUT2D eigenvalue weighted by Crippen LogP contribution is 2.26. The molecule has 1 atom stereocenters. The van der Waals surface area contributed by atoms with Crippen molar-refractivity contribution in [3.63, 3.8) is 0 Å². The molecule has 5 heteroatoms. The number of aryl methyl sites for hydroxylation is 1. The fourth-order valence-corrected chi connectivity index (χ4v) is 2.15. The van der Waals surface area contributed by atoms with Crippen LogP contribution in [0.25, 0.3) is 0 Å². The Hall–Kier alpha value is -2.69. The van der Waals surface area contributed by atoms with Crippen molar-refractivity contribution in [2.45, 2.75) is 20.0 Å². The summed E-state index contributed by atoms with van der Waals surface area (Å²) in [5.74, 6) is 1.73. The van der Waals surface area contributed by atoms with Gasteiger partial charge in [0.05, 0.1) is 13.7 Å². The van der Waals surface area contributed by atoms with Crippen LogP contribution in [0.5, 0.6) is 17.2 Å². The summed E-state index contributed by atoms with van der Waals surface area (Å²) in [5.41, 5.74) is 1.13. The van der Waals surface area contributed by atoms with Gasteiger partial charge >= 0.3 is 0 Å². The van der Waals surface area contributed by atoms with Gasteiger partial charge in [-0.05, 0) is 43.7 Å². The van der Waals surface area contributed by atoms with E-state index in [9.17, 15) is 4.79 Å². The molecule has 0 spiro atoms. The molecule has 1 unspecified atom stereocenters. The number of hydrogen-bond acceptors (Lipinski definition) is 4. The number of amides is 1. The minimum Gasteiger partial charge on any atom is -0.493 e. The second kappa shape index (κ2) is 8.82. The van der Waals surface area contributed by atoms with Crippen LogP contribution < -0.4 is 19.5 Å². The normalized spacial score (nSPS) is 11.5. The molecule has 24 heavy (non-hydrogen) atoms. The SMILES string of the molecule is COc1ccccc1OC(C)C(=O)NCCOc1cccc(C)c1. The summed E-state index contributed by atoms with van der Waals surface area (Å²) in [6.07, 6.45) is -0.625. The average Bonchev–Trinajstić information content (AvgIpc) is 2.59. The monoisotopic (exact) mass is 329 g/mol. The van der Waals surface area contributed by atoms with Crippen molar-refractivity contribution < 1.29 is 19.0 Å². The molecule has 0 fully saturated rings. The first kappa shape index (κ1) is 17.7. The van der Waals surface area contributed by atoms with Crippen LogP contribution in [0.1, 0.15) is 12.5 Å². The minimum atomic E-state index is -0.625. The molecule has 2 rings (SSSR count). The number of hydrogen-bond donors (Lipinski definition) is 1. The Morgan fingerprint density at radius 2 is 1.88 bits per heavy atom. The summed E-state index contributed by atoms with van der Waals surface area (Å²) in [5, 5.41) is 2.80. The Bertz CT molecular complexity index is 672. The fraction of sp³-hybridized carbons (Fsp3) is 0.316. The molecule has 0 aliphatic heterocycles. The Kier molecular flexibility index (Phi) is 6.49. The Balaban J connectivity index is 1.75. The minimum absolute atomic E-state index is 0.200. The van der Waals surface area contributed by atoms with Gasteiger partial charge in [0.15, 0.2) is 17.6 Å². The first-order chi connectivity index (χ1) is 11.6. The van der Waals surface area contributed by atoms with Crippen LogP contribution in [0, 0.1) is 6.92 Å². The van der Waals surface area contributed by atoms with Gasteiger partial charge in [-0.25, -0.2) is 0 Å². The zero-order valence-electron chi connectivity index (χ0n) is 14.2. The van der Waals surface area contributed by atoms with E-state index in [0.29, 0.717) is 24.7 Å². The lowest BCUT2D eigenvalue weighted by atomic mass is 10.2. The molecule has 0 aliphatic carbocycles. The maximum atomic E-state index is 12.1. The third-order valence-electron chi connectivity index (χ3n) is 3.40. The first-order valence-electron chi connectivity index (χ1n) is 7.87. The van der Waals surface area contributed by atoms with E-state index in [1.54, 1.807) is 26.2 Å². The predicted molar refractivity (Wildman–Crippen MR) is 92.8 cm³/mol. The Morgan fingerprint density at radius 1 is 1.12 bits per heavy atom. The third kappa shape index (κ3) is 5.19. The van der Waals surface area contributed by atoms with Crippen LogP contribution in [0.2, 0.25) is 0 Å². The van der Waals surface area contributed by atoms with Crippen molar-refractivity contribution in [3.05, 3.63) is 54.1 Å². The van der Waals surface area contributed by atoms with Crippen LogP contribution in [-0.4, -0.2) is 32.3 Å². The van der Waals surface area contributed by atoms with Gasteiger partial charge in [0.1, 0.15) is 12.4 Å². The maximum absolute atomic E-state index is 12.1. The number of benzene rings is 2. The lowest BCUT2D eigenvalue weighted by molar-refractivity contribution is -0.127. The lowest BCUT2D eigenvalue weighted by Gasteiger charge is -2.16. The highest BCUT2D eigenvalue weighted by Gasteiger charge is 2.16. The molecular weight excluding hydrogens is 306 g/mol. The van der Waals surface area contributed by atoms with Crippen molar-refractivity contribution in [1.29, 1.82) is 0 Å². The number of carbonyl (C=O) groups excluding carboxylic acids is 1. The molecule has 0 bridgehead atoms. The summed E-state index contributed by atoms with van der Waals surface area (Å²) < 4.78 is 16.5. The molecule has 0 saturated carbocycles. The molecule has 0 saturated heterocycles. The van der Waals surface area contributed by atoms with Crippen LogP contribution in [0.15, 0.2) is 48.5 Å². The second-order valence-electron chi connectivity index (χ2n) is 5.37. The Labute approximate surface area is 142 Å². The highest BCUT2D eigenvalue weighted by atomic mass is 16.5. The number of para-hydroxylation sites is 2. The summed E-state index contributed by atoms with van der Waals surface area (Å²) in [6, 6.07) is 15.0. The van der Waals surface area contributed by atoms with E-state index in [1.165, 1.54) is 0 Å². The molecule has 0 radical (unpaired) electrons. The van der Waals surface area contributed by atoms with Crippen LogP contribution in [-0.2, 0) is 4.79 Å². The Morgan fingerprint density at radius 3 is 2.58 bits per heavy atom. The van der Waals surface area contributed by atoms with Gasteiger partial charge in [0.25, 0.3) is 5.91 Å². The van der Waals surface area contributed by atoms with Crippen molar-refractivity contribution in [1.82, 2.24) is 5.32 Å². The molecule has 1 N–H and O–H groups in total. The van der Waals surface area contributed by atoms with E-state index >= 15 is 0 Å². The number of nitrogens with one attached hydrogen (secondary N) is 1. The maximum Gasteiger partial charge on any atom is 0.260 e. The van der Waals surface area contributed by atoms with Gasteiger partial charge in [-0.15, -0.1) is 0 Å². The van der Waals surface area contributed by atoms with E-state index in [4.69, 9.17) is 14.2 Å². The number of carbonyl (C=O) groups is 1. The standard InChI is InChI=1S/C19H23NO4/c1-14-7-6-8-16(13-14)23-12-11-20-19(21)15(2)24-18-10-5-4-9-17(18)22-3/h4-10,13,15H,11-12H2,1-3H3,(H,20,21). The van der Waals surface area contributed by atoms with E-state index in [2.05, 4.69) is 5.32 Å². The third-order valence-corrected chi connectivity index (χ3v) is 3.40. The number of rotatable bonds is 8. The van der Waals surface area contributed by atoms with Gasteiger partial charge in [0, 0.05) is 0 Å². The largest absolute Gasteiger partial charge is 0.493 e. The molecule has 2 aromatic rings. The number of ether oxygens (including phenoxy) is 3. The van der Waals surface area contributed by atoms with Gasteiger partial charge in [-0.2, -0.15) is 0 Å². The summed E-state index contributed by atoms with van der Waals surface area (Å²) in [6.45, 7) is 4.51. The zero-order valence-corrected chi connectivity index (χ0v) is 14.2. The summed E-state index contributed by atoms with van der Waals surface area (Å²) >= 11 is 0. The predicted octanol–water partition coefficient (Wildman–Crippen LogP) is 2.97. The molecule has 5 nitrogen and oxygen atoms in total. The van der Waals surface area contributed by atoms with E-state index in [0.717, 1.165) is 11.3 Å². The molecule has 0 heterocycles. The van der Waals surface area contributed by atoms with E-state index in [1.807, 2.05) is 43.3 Å². The fourth-order valence-electron chi connectivity index (χ4n) is 2.15. The molecular formula is C19H23NO4. The van der Waals surface area contributed by atoms with Crippen molar-refractivity contribution in [3.8, 4) is 17.2 Å². The first-order valence-corrected chi connectivity index (χ1v) is 7.87. The van der Waals surface area contributed by atoms with E-state index in [-0.39, 0.29) is 5.91 Å². The van der Waals surface area contributed by atoms with Crippen LogP contribution >= 0.6 is 0 Å². The molecule has 0 aliphatic rings. The molecule has 1 amide bonds. The number of methoxy groups -OCH3 is 1. The zero-order chi connectivity index (χ0) is 17.4. The van der Waals surface area contributed by atoms with Gasteiger partial charge in [-0.3, -0.25) is 4.79 Å². The van der Waals surface area contributed by atoms with Crippen molar-refractivity contribution in [2.24, 2.45) is 0 Å². The van der Waals surface area contributed by atoms with Gasteiger partial charge in [-0.1, -0.05) is 24.3 Å². The molecule has 2 aromatic carbocycles. The van der Waals surface area contributed by atoms with E-state index < -0.39 is 6.10 Å². The van der Waals surface area contributed by atoms with Gasteiger partial charge in [0.2, 0.25) is 0 Å². The second-order valence-corrected chi connectivity index (χ2v) is 5.37. The van der Waals surface area contributed by atoms with Crippen LogP contribution in [0.4, 0.5) is 0 Å². The topological polar surface area (TPSA) is 56.8 Å². The molecule has 0 aromatic heterocycles. The lowest BCUT2D eigenvalue weighted by Crippen LogP contribution is -2.38. The summed E-state index contributed by atoms with van der Waals surface area (Å²) in [7, 11) is 1.57. The van der Waals surface area contributed by atoms with Crippen molar-refractivity contribution in [2.75, 3.05) is 20.3 Å². The average molecular weight is 329 g/mol. The molecule has 128 valence electrons. The van der Waals surface area contributed by atoms with Gasteiger partial charge < -0.3 is 19.5 Å². The van der Waals surface area contributed by atoms with Crippen molar-refractivity contribution >= 4 is 5.91 Å². The quantitative estimate of drug-likeness (QED) is 0.757. The summed E-state index contributed by atoms with van der Waals surface area (Å²) in [4.78, 5) is 12.1. The highest BCUT2D eigenvalue weighted by molar-refractivity contribution is 5.80. The van der Waals surface area contributed by atoms with Crippen LogP contribution in [0.3, 0.4) is 0 Å². The smallest absolute Gasteiger partial charge is 0.260 e.